The predicted octanol–water partition coefficient (Wildman–Crippen LogP) is 5.37. The Kier molecular flexibility index (Phi) is 6.57. The number of aryl methyl sites for hydroxylation is 1. The maximum absolute atomic E-state index is 12.7. The number of aromatic nitrogens is 3. The van der Waals surface area contributed by atoms with Gasteiger partial charge in [-0.15, -0.1) is 0 Å². The predicted molar refractivity (Wildman–Crippen MR) is 165 cm³/mol. The largest absolute Gasteiger partial charge is 0.387 e. The van der Waals surface area contributed by atoms with Crippen LogP contribution in [0.4, 0.5) is 17.3 Å². The molecule has 3 heterocycles. The average molecular weight is 594 g/mol. The van der Waals surface area contributed by atoms with Gasteiger partial charge in [0.05, 0.1) is 28.5 Å². The lowest BCUT2D eigenvalue weighted by Gasteiger charge is -2.42. The molecule has 2 aromatic heterocycles. The van der Waals surface area contributed by atoms with Gasteiger partial charge in [-0.1, -0.05) is 72.3 Å². The highest BCUT2D eigenvalue weighted by molar-refractivity contribution is 7.86. The van der Waals surface area contributed by atoms with Gasteiger partial charge in [0.15, 0.2) is 11.6 Å². The first-order valence-corrected chi connectivity index (χ1v) is 15.6. The van der Waals surface area contributed by atoms with Crippen LogP contribution < -0.4 is 10.6 Å². The van der Waals surface area contributed by atoms with Crippen LogP contribution in [-0.4, -0.2) is 40.1 Å². The molecule has 7 rings (SSSR count). The first-order chi connectivity index (χ1) is 20.7. The van der Waals surface area contributed by atoms with Gasteiger partial charge in [-0.25, -0.2) is 9.97 Å². The van der Waals surface area contributed by atoms with Crippen molar-refractivity contribution in [1.82, 2.24) is 14.4 Å². The summed E-state index contributed by atoms with van der Waals surface area (Å²) in [6.45, 7) is 1.55. The third-order valence-electron chi connectivity index (χ3n) is 8.27. The van der Waals surface area contributed by atoms with E-state index in [0.29, 0.717) is 17.2 Å². The Morgan fingerprint density at radius 3 is 2.51 bits per heavy atom. The molecule has 0 unspecified atom stereocenters. The molecule has 1 fully saturated rings. The zero-order valence-electron chi connectivity index (χ0n) is 23.6. The number of nitrogens with zero attached hydrogens (tertiary/aromatic N) is 4. The molecule has 0 atom stereocenters. The molecule has 0 radical (unpaired) electrons. The van der Waals surface area contributed by atoms with E-state index in [0.717, 1.165) is 40.3 Å². The van der Waals surface area contributed by atoms with Crippen molar-refractivity contribution in [2.75, 3.05) is 17.2 Å². The van der Waals surface area contributed by atoms with Crippen LogP contribution in [0.1, 0.15) is 41.3 Å². The Balaban J connectivity index is 1.22. The molecule has 3 N–H and O–H groups in total. The van der Waals surface area contributed by atoms with E-state index in [2.05, 4.69) is 40.2 Å². The van der Waals surface area contributed by atoms with E-state index >= 15 is 0 Å². The van der Waals surface area contributed by atoms with Crippen molar-refractivity contribution in [2.45, 2.75) is 42.6 Å². The fraction of sp³-hybridized carbons (Fsp3) is 0.212. The maximum Gasteiger partial charge on any atom is 0.297 e. The van der Waals surface area contributed by atoms with Crippen molar-refractivity contribution < 1.29 is 17.7 Å². The second kappa shape index (κ2) is 10.3. The molecule has 1 aliphatic heterocycles. The van der Waals surface area contributed by atoms with Gasteiger partial charge in [0.1, 0.15) is 11.3 Å². The molecule has 218 valence electrons. The Morgan fingerprint density at radius 2 is 1.74 bits per heavy atom. The summed E-state index contributed by atoms with van der Waals surface area (Å²) in [5.41, 5.74) is 11.0. The second-order valence-corrected chi connectivity index (χ2v) is 12.9. The SMILES string of the molecule is Cc1ccc(S(=O)(=O)OCC2(O)CC(c3nc(N4C(c5ccccc5)=CCc5ccccc54)c4c(N)nccn34)C2)cc1. The van der Waals surface area contributed by atoms with Crippen molar-refractivity contribution in [1.29, 1.82) is 0 Å². The summed E-state index contributed by atoms with van der Waals surface area (Å²) >= 11 is 0. The van der Waals surface area contributed by atoms with Gasteiger partial charge < -0.3 is 10.8 Å². The first kappa shape index (κ1) is 27.3. The van der Waals surface area contributed by atoms with Crippen molar-refractivity contribution in [3.05, 3.63) is 120 Å². The van der Waals surface area contributed by atoms with E-state index in [1.165, 1.54) is 12.1 Å². The Hall–Kier alpha value is -4.51. The number of nitrogens with two attached hydrogens (primary N) is 1. The molecule has 5 aromatic rings. The van der Waals surface area contributed by atoms with E-state index in [9.17, 15) is 13.5 Å². The molecular formula is C33H31N5O4S. The van der Waals surface area contributed by atoms with Gasteiger partial charge >= 0.3 is 0 Å². The van der Waals surface area contributed by atoms with Gasteiger partial charge in [0.25, 0.3) is 10.1 Å². The Morgan fingerprint density at radius 1 is 1.02 bits per heavy atom. The monoisotopic (exact) mass is 593 g/mol. The number of para-hydroxylation sites is 1. The standard InChI is InChI=1S/C33H31N5O4S/c1-22-11-14-26(15-12-22)43(40,41)42-21-33(39)19-25(20-33)31-36-32(29-30(34)35-17-18-37(29)31)38-27-10-6-5-9-24(27)13-16-28(38)23-7-3-2-4-8-23/h2-12,14-18,25,39H,13,19-21H2,1H3,(H2,34,35). The van der Waals surface area contributed by atoms with Crippen molar-refractivity contribution in [2.24, 2.45) is 0 Å². The molecule has 2 aliphatic rings. The number of benzene rings is 3. The van der Waals surface area contributed by atoms with E-state index < -0.39 is 15.7 Å². The third-order valence-corrected chi connectivity index (χ3v) is 9.55. The van der Waals surface area contributed by atoms with Crippen LogP contribution in [0.3, 0.4) is 0 Å². The van der Waals surface area contributed by atoms with Crippen LogP contribution in [0.2, 0.25) is 0 Å². The highest BCUT2D eigenvalue weighted by Crippen LogP contribution is 2.48. The topological polar surface area (TPSA) is 123 Å². The third kappa shape index (κ3) is 4.87. The molecule has 1 aliphatic carbocycles. The minimum atomic E-state index is -4.00. The second-order valence-electron chi connectivity index (χ2n) is 11.3. The van der Waals surface area contributed by atoms with Crippen LogP contribution in [0.5, 0.6) is 0 Å². The quantitative estimate of drug-likeness (QED) is 0.242. The summed E-state index contributed by atoms with van der Waals surface area (Å²) in [6.07, 6.45) is 7.02. The van der Waals surface area contributed by atoms with E-state index in [4.69, 9.17) is 14.9 Å². The fourth-order valence-electron chi connectivity index (χ4n) is 6.04. The van der Waals surface area contributed by atoms with Crippen LogP contribution >= 0.6 is 0 Å². The number of nitrogen functional groups attached to an aromatic ring is 1. The average Bonchev–Trinajstić information content (AvgIpc) is 3.39. The highest BCUT2D eigenvalue weighted by atomic mass is 32.2. The molecule has 0 amide bonds. The summed E-state index contributed by atoms with van der Waals surface area (Å²) in [6, 6.07) is 24.8. The van der Waals surface area contributed by atoms with Crippen molar-refractivity contribution >= 4 is 38.7 Å². The minimum Gasteiger partial charge on any atom is -0.387 e. The number of anilines is 3. The summed E-state index contributed by atoms with van der Waals surface area (Å²) in [7, 11) is -4.00. The van der Waals surface area contributed by atoms with Gasteiger partial charge in [-0.3, -0.25) is 13.5 Å². The minimum absolute atomic E-state index is 0.0635. The maximum atomic E-state index is 12.7. The lowest BCUT2D eigenvalue weighted by molar-refractivity contribution is -0.0800. The van der Waals surface area contributed by atoms with Crippen molar-refractivity contribution in [3.63, 3.8) is 0 Å². The fourth-order valence-corrected chi connectivity index (χ4v) is 7.02. The molecule has 1 saturated carbocycles. The lowest BCUT2D eigenvalue weighted by Crippen LogP contribution is -2.47. The Labute approximate surface area is 250 Å². The first-order valence-electron chi connectivity index (χ1n) is 14.2. The smallest absolute Gasteiger partial charge is 0.297 e. The van der Waals surface area contributed by atoms with Gasteiger partial charge in [0.2, 0.25) is 0 Å². The molecule has 0 spiro atoms. The number of rotatable bonds is 7. The zero-order chi connectivity index (χ0) is 29.8. The number of imidazole rings is 1. The molecule has 0 bridgehead atoms. The molecular weight excluding hydrogens is 562 g/mol. The molecule has 43 heavy (non-hydrogen) atoms. The number of hydrogen-bond acceptors (Lipinski definition) is 8. The summed E-state index contributed by atoms with van der Waals surface area (Å²) < 4.78 is 32.7. The zero-order valence-corrected chi connectivity index (χ0v) is 24.4. The normalized spacial score (nSPS) is 20.0. The Bertz CT molecular complexity index is 1960. The number of allylic oxidation sites excluding steroid dienone is 1. The van der Waals surface area contributed by atoms with Crippen LogP contribution in [-0.2, 0) is 20.7 Å². The van der Waals surface area contributed by atoms with Crippen molar-refractivity contribution in [3.8, 4) is 0 Å². The van der Waals surface area contributed by atoms with Crippen LogP contribution in [0.15, 0.2) is 102 Å². The lowest BCUT2D eigenvalue weighted by atomic mass is 9.71. The molecule has 10 heteroatoms. The number of aliphatic hydroxyl groups is 1. The van der Waals surface area contributed by atoms with Gasteiger partial charge in [-0.2, -0.15) is 8.42 Å². The number of hydrogen-bond donors (Lipinski definition) is 2. The van der Waals surface area contributed by atoms with Crippen LogP contribution in [0.25, 0.3) is 11.2 Å². The number of fused-ring (bicyclic) bond motifs is 2. The summed E-state index contributed by atoms with van der Waals surface area (Å²) in [5, 5.41) is 11.2. The highest BCUT2D eigenvalue weighted by Gasteiger charge is 2.47. The summed E-state index contributed by atoms with van der Waals surface area (Å²) in [5.74, 6) is 1.56. The van der Waals surface area contributed by atoms with Gasteiger partial charge in [0, 0.05) is 18.3 Å². The van der Waals surface area contributed by atoms with E-state index in [-0.39, 0.29) is 30.3 Å². The van der Waals surface area contributed by atoms with E-state index in [1.54, 1.807) is 18.3 Å². The van der Waals surface area contributed by atoms with E-state index in [1.807, 2.05) is 47.9 Å². The van der Waals surface area contributed by atoms with Gasteiger partial charge in [-0.05, 0) is 55.5 Å². The molecule has 0 saturated heterocycles. The van der Waals surface area contributed by atoms with Crippen LogP contribution in [0, 0.1) is 6.92 Å². The molecule has 9 nitrogen and oxygen atoms in total. The summed E-state index contributed by atoms with van der Waals surface area (Å²) in [4.78, 5) is 11.7. The molecule has 3 aromatic carbocycles.